The lowest BCUT2D eigenvalue weighted by Gasteiger charge is -2.17. The van der Waals surface area contributed by atoms with E-state index in [4.69, 9.17) is 28.9 Å². The fourth-order valence-electron chi connectivity index (χ4n) is 1.29. The van der Waals surface area contributed by atoms with Crippen molar-refractivity contribution in [2.75, 3.05) is 6.54 Å². The van der Waals surface area contributed by atoms with Gasteiger partial charge in [0, 0.05) is 0 Å². The van der Waals surface area contributed by atoms with E-state index in [2.05, 4.69) is 0 Å². The van der Waals surface area contributed by atoms with Crippen LogP contribution in [-0.2, 0) is 4.79 Å². The van der Waals surface area contributed by atoms with Crippen LogP contribution in [0.3, 0.4) is 0 Å². The van der Waals surface area contributed by atoms with Gasteiger partial charge < -0.3 is 5.73 Å². The maximum Gasteiger partial charge on any atom is 0.401 e. The van der Waals surface area contributed by atoms with Gasteiger partial charge in [-0.1, -0.05) is 29.3 Å². The molecule has 0 saturated carbocycles. The lowest BCUT2D eigenvalue weighted by Crippen LogP contribution is -2.38. The molecule has 8 heteroatoms. The number of benzene rings is 1. The van der Waals surface area contributed by atoms with Crippen LogP contribution >= 0.6 is 23.2 Å². The standard InChI is InChI=1S/C10H9Cl2F3N2O/c11-6-2-1-5(3-7(6)12)8(9(16)18)17-4-10(13,14)15/h1-3,8,17H,4H2,(H2,16,18). The number of carbonyl (C=O) groups is 1. The van der Waals surface area contributed by atoms with Crippen molar-refractivity contribution in [1.82, 2.24) is 5.32 Å². The van der Waals surface area contributed by atoms with Crippen molar-refractivity contribution < 1.29 is 18.0 Å². The van der Waals surface area contributed by atoms with E-state index in [1.165, 1.54) is 18.2 Å². The van der Waals surface area contributed by atoms with Crippen molar-refractivity contribution in [2.45, 2.75) is 12.2 Å². The Morgan fingerprint density at radius 3 is 2.39 bits per heavy atom. The third kappa shape index (κ3) is 4.36. The first kappa shape index (κ1) is 15.1. The molecule has 0 aromatic heterocycles. The minimum absolute atomic E-state index is 0.134. The van der Waals surface area contributed by atoms with Crippen LogP contribution in [0.5, 0.6) is 0 Å². The molecule has 1 aromatic rings. The lowest BCUT2D eigenvalue weighted by atomic mass is 10.1. The molecule has 3 N–H and O–H groups in total. The first-order valence-electron chi connectivity index (χ1n) is 4.75. The van der Waals surface area contributed by atoms with E-state index in [0.717, 1.165) is 0 Å². The Morgan fingerprint density at radius 2 is 1.94 bits per heavy atom. The number of nitrogens with two attached hydrogens (primary N) is 1. The number of rotatable bonds is 4. The van der Waals surface area contributed by atoms with Crippen molar-refractivity contribution in [3.05, 3.63) is 33.8 Å². The summed E-state index contributed by atoms with van der Waals surface area (Å²) < 4.78 is 36.2. The van der Waals surface area contributed by atoms with Gasteiger partial charge in [-0.2, -0.15) is 13.2 Å². The smallest absolute Gasteiger partial charge is 0.368 e. The normalized spacial score (nSPS) is 13.4. The fraction of sp³-hybridized carbons (Fsp3) is 0.300. The Hall–Kier alpha value is -0.980. The first-order chi connectivity index (χ1) is 8.20. The van der Waals surface area contributed by atoms with E-state index in [-0.39, 0.29) is 15.6 Å². The third-order valence-corrected chi connectivity index (χ3v) is 2.81. The molecule has 0 aliphatic rings. The number of primary amides is 1. The van der Waals surface area contributed by atoms with E-state index >= 15 is 0 Å². The van der Waals surface area contributed by atoms with Gasteiger partial charge in [0.15, 0.2) is 0 Å². The van der Waals surface area contributed by atoms with E-state index < -0.39 is 24.7 Å². The zero-order valence-corrected chi connectivity index (χ0v) is 10.4. The second-order valence-corrected chi connectivity index (χ2v) is 4.32. The molecule has 100 valence electrons. The van der Waals surface area contributed by atoms with Gasteiger partial charge in [-0.3, -0.25) is 10.1 Å². The highest BCUT2D eigenvalue weighted by Crippen LogP contribution is 2.26. The molecule has 0 radical (unpaired) electrons. The molecule has 1 aromatic carbocycles. The summed E-state index contributed by atoms with van der Waals surface area (Å²) in [4.78, 5) is 11.1. The average molecular weight is 301 g/mol. The Bertz CT molecular complexity index is 451. The van der Waals surface area contributed by atoms with Crippen molar-refractivity contribution in [3.8, 4) is 0 Å². The van der Waals surface area contributed by atoms with Crippen LogP contribution in [0.15, 0.2) is 18.2 Å². The molecule has 0 spiro atoms. The summed E-state index contributed by atoms with van der Waals surface area (Å²) in [5.41, 5.74) is 5.26. The predicted molar refractivity (Wildman–Crippen MR) is 62.5 cm³/mol. The molecule has 3 nitrogen and oxygen atoms in total. The molecule has 0 heterocycles. The highest BCUT2D eigenvalue weighted by molar-refractivity contribution is 6.42. The number of halogens is 5. The summed E-state index contributed by atoms with van der Waals surface area (Å²) in [5.74, 6) is -0.933. The first-order valence-corrected chi connectivity index (χ1v) is 5.50. The zero-order valence-electron chi connectivity index (χ0n) is 8.89. The fourth-order valence-corrected chi connectivity index (χ4v) is 1.60. The van der Waals surface area contributed by atoms with Crippen molar-refractivity contribution in [2.24, 2.45) is 5.73 Å². The van der Waals surface area contributed by atoms with Gasteiger partial charge in [-0.05, 0) is 17.7 Å². The number of carbonyl (C=O) groups excluding carboxylic acids is 1. The van der Waals surface area contributed by atoms with Gasteiger partial charge >= 0.3 is 6.18 Å². The highest BCUT2D eigenvalue weighted by atomic mass is 35.5. The lowest BCUT2D eigenvalue weighted by molar-refractivity contribution is -0.130. The van der Waals surface area contributed by atoms with E-state index in [9.17, 15) is 18.0 Å². The topological polar surface area (TPSA) is 55.1 Å². The van der Waals surface area contributed by atoms with Crippen LogP contribution in [0, 0.1) is 0 Å². The molecule has 0 aliphatic heterocycles. The van der Waals surface area contributed by atoms with Crippen molar-refractivity contribution in [3.63, 3.8) is 0 Å². The van der Waals surface area contributed by atoms with Gasteiger partial charge in [0.2, 0.25) is 5.91 Å². The second kappa shape index (κ2) is 5.77. The van der Waals surface area contributed by atoms with Crippen LogP contribution < -0.4 is 11.1 Å². The van der Waals surface area contributed by atoms with Crippen LogP contribution in [-0.4, -0.2) is 18.6 Å². The number of alkyl halides is 3. The highest BCUT2D eigenvalue weighted by Gasteiger charge is 2.30. The second-order valence-electron chi connectivity index (χ2n) is 3.51. The summed E-state index contributed by atoms with van der Waals surface area (Å²) in [5, 5.41) is 2.39. The Morgan fingerprint density at radius 1 is 1.33 bits per heavy atom. The third-order valence-electron chi connectivity index (χ3n) is 2.07. The minimum Gasteiger partial charge on any atom is -0.368 e. The molecule has 1 rings (SSSR count). The van der Waals surface area contributed by atoms with Crippen molar-refractivity contribution in [1.29, 1.82) is 0 Å². The molecule has 0 bridgehead atoms. The largest absolute Gasteiger partial charge is 0.401 e. The van der Waals surface area contributed by atoms with Gasteiger partial charge in [-0.15, -0.1) is 0 Å². The summed E-state index contributed by atoms with van der Waals surface area (Å²) in [6.45, 7) is -1.33. The molecular formula is C10H9Cl2F3N2O. The average Bonchev–Trinajstić information content (AvgIpc) is 2.21. The summed E-state index contributed by atoms with van der Waals surface area (Å²) >= 11 is 11.4. The van der Waals surface area contributed by atoms with Crippen LogP contribution in [0.1, 0.15) is 11.6 Å². The van der Waals surface area contributed by atoms with Gasteiger partial charge in [-0.25, -0.2) is 0 Å². The number of nitrogens with one attached hydrogen (secondary N) is 1. The van der Waals surface area contributed by atoms with Gasteiger partial charge in [0.25, 0.3) is 0 Å². The van der Waals surface area contributed by atoms with Crippen LogP contribution in [0.4, 0.5) is 13.2 Å². The van der Waals surface area contributed by atoms with Gasteiger partial charge in [0.1, 0.15) is 6.04 Å². The molecule has 0 aliphatic carbocycles. The van der Waals surface area contributed by atoms with E-state index in [1.807, 2.05) is 5.32 Å². The Kier molecular flexibility index (Phi) is 4.84. The maximum absolute atomic E-state index is 12.1. The Labute approximate surface area is 111 Å². The summed E-state index contributed by atoms with van der Waals surface area (Å²) in [6, 6.07) is 2.78. The quantitative estimate of drug-likeness (QED) is 0.898. The van der Waals surface area contributed by atoms with E-state index in [1.54, 1.807) is 0 Å². The molecule has 1 unspecified atom stereocenters. The number of hydrogen-bond acceptors (Lipinski definition) is 2. The molecular weight excluding hydrogens is 292 g/mol. The zero-order chi connectivity index (χ0) is 13.9. The predicted octanol–water partition coefficient (Wildman–Crippen LogP) is 2.67. The SMILES string of the molecule is NC(=O)C(NCC(F)(F)F)c1ccc(Cl)c(Cl)c1. The van der Waals surface area contributed by atoms with Gasteiger partial charge in [0.05, 0.1) is 16.6 Å². The summed E-state index contributed by atoms with van der Waals surface area (Å²) in [7, 11) is 0. The Balaban J connectivity index is 2.91. The molecule has 1 atom stereocenters. The molecule has 1 amide bonds. The van der Waals surface area contributed by atoms with Crippen LogP contribution in [0.25, 0.3) is 0 Å². The van der Waals surface area contributed by atoms with Crippen molar-refractivity contribution >= 4 is 29.1 Å². The minimum atomic E-state index is -4.44. The maximum atomic E-state index is 12.1. The molecule has 18 heavy (non-hydrogen) atoms. The summed E-state index contributed by atoms with van der Waals surface area (Å²) in [6.07, 6.45) is -4.44. The monoisotopic (exact) mass is 300 g/mol. The molecule has 0 saturated heterocycles. The number of hydrogen-bond donors (Lipinski definition) is 2. The van der Waals surface area contributed by atoms with Crippen LogP contribution in [0.2, 0.25) is 10.0 Å². The number of amides is 1. The van der Waals surface area contributed by atoms with E-state index in [0.29, 0.717) is 0 Å². The molecule has 0 fully saturated rings.